The summed E-state index contributed by atoms with van der Waals surface area (Å²) >= 11 is 0. The van der Waals surface area contributed by atoms with Crippen LogP contribution < -0.4 is 0 Å². The summed E-state index contributed by atoms with van der Waals surface area (Å²) in [6, 6.07) is 7.14. The Morgan fingerprint density at radius 2 is 2.12 bits per heavy atom. The summed E-state index contributed by atoms with van der Waals surface area (Å²) in [7, 11) is 0. The van der Waals surface area contributed by atoms with Crippen molar-refractivity contribution in [2.45, 2.75) is 20.3 Å². The molecule has 0 bridgehead atoms. The van der Waals surface area contributed by atoms with Gasteiger partial charge >= 0.3 is 5.97 Å². The van der Waals surface area contributed by atoms with Gasteiger partial charge in [0.15, 0.2) is 5.76 Å². The Balaban J connectivity index is 1.77. The van der Waals surface area contributed by atoms with Crippen molar-refractivity contribution in [3.8, 4) is 11.5 Å². The monoisotopic (exact) mass is 328 g/mol. The van der Waals surface area contributed by atoms with E-state index in [1.165, 1.54) is 0 Å². The van der Waals surface area contributed by atoms with Crippen molar-refractivity contribution >= 4 is 11.9 Å². The SMILES string of the molecule is Cc1nc(-c2ccco2)ccc1C(=O)N1CCC(C(=O)O)C(C)C1. The molecule has 126 valence electrons. The summed E-state index contributed by atoms with van der Waals surface area (Å²) < 4.78 is 5.33. The molecule has 1 fully saturated rings. The number of carboxylic acid groups (broad SMARTS) is 1. The van der Waals surface area contributed by atoms with Crippen LogP contribution in [0.2, 0.25) is 0 Å². The van der Waals surface area contributed by atoms with E-state index < -0.39 is 5.97 Å². The highest BCUT2D eigenvalue weighted by Gasteiger charge is 2.33. The van der Waals surface area contributed by atoms with E-state index in [0.717, 1.165) is 0 Å². The van der Waals surface area contributed by atoms with Gasteiger partial charge in [-0.3, -0.25) is 9.59 Å². The van der Waals surface area contributed by atoms with Gasteiger partial charge in [-0.1, -0.05) is 6.92 Å². The van der Waals surface area contributed by atoms with Crippen molar-refractivity contribution in [3.63, 3.8) is 0 Å². The second-order valence-electron chi connectivity index (χ2n) is 6.27. The Morgan fingerprint density at radius 1 is 1.33 bits per heavy atom. The van der Waals surface area contributed by atoms with Crippen LogP contribution in [0.15, 0.2) is 34.9 Å². The van der Waals surface area contributed by atoms with Crippen LogP contribution in [0.4, 0.5) is 0 Å². The maximum absolute atomic E-state index is 12.8. The van der Waals surface area contributed by atoms with Gasteiger partial charge in [0.2, 0.25) is 0 Å². The number of carboxylic acids is 1. The summed E-state index contributed by atoms with van der Waals surface area (Å²) in [4.78, 5) is 30.1. The maximum atomic E-state index is 12.8. The molecule has 1 N–H and O–H groups in total. The van der Waals surface area contributed by atoms with E-state index in [9.17, 15) is 14.7 Å². The lowest BCUT2D eigenvalue weighted by Gasteiger charge is -2.35. The zero-order valence-electron chi connectivity index (χ0n) is 13.7. The van der Waals surface area contributed by atoms with E-state index in [4.69, 9.17) is 4.42 Å². The minimum atomic E-state index is -0.782. The molecule has 2 unspecified atom stereocenters. The van der Waals surface area contributed by atoms with Crippen molar-refractivity contribution in [2.24, 2.45) is 11.8 Å². The smallest absolute Gasteiger partial charge is 0.306 e. The highest BCUT2D eigenvalue weighted by atomic mass is 16.4. The van der Waals surface area contributed by atoms with Crippen LogP contribution in [0.1, 0.15) is 29.4 Å². The number of aryl methyl sites for hydroxylation is 1. The lowest BCUT2D eigenvalue weighted by atomic mass is 9.87. The Kier molecular flexibility index (Phi) is 4.38. The van der Waals surface area contributed by atoms with Crippen molar-refractivity contribution in [1.82, 2.24) is 9.88 Å². The molecule has 0 saturated carbocycles. The fraction of sp³-hybridized carbons (Fsp3) is 0.389. The van der Waals surface area contributed by atoms with Crippen molar-refractivity contribution < 1.29 is 19.1 Å². The second-order valence-corrected chi connectivity index (χ2v) is 6.27. The van der Waals surface area contributed by atoms with Gasteiger partial charge in [0, 0.05) is 13.1 Å². The number of aliphatic carboxylic acids is 1. The first kappa shape index (κ1) is 16.2. The second kappa shape index (κ2) is 6.47. The zero-order chi connectivity index (χ0) is 17.3. The largest absolute Gasteiger partial charge is 0.481 e. The Hall–Kier alpha value is -2.63. The number of carbonyl (C=O) groups is 2. The number of piperidine rings is 1. The molecule has 2 atom stereocenters. The van der Waals surface area contributed by atoms with Crippen LogP contribution >= 0.6 is 0 Å². The lowest BCUT2D eigenvalue weighted by molar-refractivity contribution is -0.145. The molecule has 2 aromatic heterocycles. The van der Waals surface area contributed by atoms with Gasteiger partial charge in [-0.05, 0) is 43.5 Å². The van der Waals surface area contributed by atoms with Gasteiger partial charge in [0.05, 0.1) is 23.4 Å². The Morgan fingerprint density at radius 3 is 2.71 bits per heavy atom. The molecule has 1 saturated heterocycles. The molecule has 1 amide bonds. The molecule has 0 radical (unpaired) electrons. The van der Waals surface area contributed by atoms with Gasteiger partial charge < -0.3 is 14.4 Å². The predicted molar refractivity (Wildman–Crippen MR) is 87.5 cm³/mol. The number of hydrogen-bond acceptors (Lipinski definition) is 4. The molecule has 0 aliphatic carbocycles. The fourth-order valence-electron chi connectivity index (χ4n) is 3.22. The normalized spacial score (nSPS) is 20.8. The number of amides is 1. The van der Waals surface area contributed by atoms with Crippen LogP contribution in [0.3, 0.4) is 0 Å². The number of carbonyl (C=O) groups excluding carboxylic acids is 1. The average molecular weight is 328 g/mol. The lowest BCUT2D eigenvalue weighted by Crippen LogP contribution is -2.45. The van der Waals surface area contributed by atoms with Crippen molar-refractivity contribution in [2.75, 3.05) is 13.1 Å². The fourth-order valence-corrected chi connectivity index (χ4v) is 3.22. The first-order valence-electron chi connectivity index (χ1n) is 8.01. The van der Waals surface area contributed by atoms with Crippen LogP contribution in [0.5, 0.6) is 0 Å². The number of likely N-dealkylation sites (tertiary alicyclic amines) is 1. The third-order valence-corrected chi connectivity index (χ3v) is 4.60. The van der Waals surface area contributed by atoms with E-state index in [-0.39, 0.29) is 17.7 Å². The van der Waals surface area contributed by atoms with E-state index >= 15 is 0 Å². The molecule has 2 aromatic rings. The molecule has 6 nitrogen and oxygen atoms in total. The van der Waals surface area contributed by atoms with E-state index in [0.29, 0.717) is 42.2 Å². The standard InChI is InChI=1S/C18H20N2O4/c1-11-10-20(8-7-13(11)18(22)23)17(21)14-5-6-15(19-12(14)2)16-4-3-9-24-16/h3-6,9,11,13H,7-8,10H2,1-2H3,(H,22,23). The number of furan rings is 1. The molecule has 1 aliphatic rings. The topological polar surface area (TPSA) is 83.6 Å². The van der Waals surface area contributed by atoms with Gasteiger partial charge in [-0.15, -0.1) is 0 Å². The molecule has 24 heavy (non-hydrogen) atoms. The summed E-state index contributed by atoms with van der Waals surface area (Å²) in [6.45, 7) is 4.59. The quantitative estimate of drug-likeness (QED) is 0.936. The first-order chi connectivity index (χ1) is 11.5. The van der Waals surface area contributed by atoms with Crippen LogP contribution in [0, 0.1) is 18.8 Å². The van der Waals surface area contributed by atoms with E-state index in [1.807, 2.05) is 13.0 Å². The molecule has 0 aromatic carbocycles. The molecule has 0 spiro atoms. The highest BCUT2D eigenvalue weighted by molar-refractivity contribution is 5.95. The maximum Gasteiger partial charge on any atom is 0.306 e. The highest BCUT2D eigenvalue weighted by Crippen LogP contribution is 2.26. The van der Waals surface area contributed by atoms with Gasteiger partial charge in [-0.25, -0.2) is 4.98 Å². The first-order valence-corrected chi connectivity index (χ1v) is 8.01. The number of rotatable bonds is 3. The van der Waals surface area contributed by atoms with Crippen LogP contribution in [0.25, 0.3) is 11.5 Å². The van der Waals surface area contributed by atoms with Crippen molar-refractivity contribution in [3.05, 3.63) is 41.8 Å². The molecule has 6 heteroatoms. The molecule has 3 heterocycles. The van der Waals surface area contributed by atoms with Gasteiger partial charge in [0.25, 0.3) is 5.91 Å². The molecule has 1 aliphatic heterocycles. The van der Waals surface area contributed by atoms with E-state index in [2.05, 4.69) is 4.98 Å². The average Bonchev–Trinajstić information content (AvgIpc) is 3.08. The number of nitrogens with zero attached hydrogens (tertiary/aromatic N) is 2. The predicted octanol–water partition coefficient (Wildman–Crippen LogP) is 2.83. The summed E-state index contributed by atoms with van der Waals surface area (Å²) in [6.07, 6.45) is 2.07. The van der Waals surface area contributed by atoms with Gasteiger partial charge in [0.1, 0.15) is 5.69 Å². The van der Waals surface area contributed by atoms with Crippen LogP contribution in [-0.4, -0.2) is 40.0 Å². The summed E-state index contributed by atoms with van der Waals surface area (Å²) in [5, 5.41) is 9.19. The van der Waals surface area contributed by atoms with Crippen molar-refractivity contribution in [1.29, 1.82) is 0 Å². The third-order valence-electron chi connectivity index (χ3n) is 4.60. The number of hydrogen-bond donors (Lipinski definition) is 1. The Labute approximate surface area is 140 Å². The number of pyridine rings is 1. The zero-order valence-corrected chi connectivity index (χ0v) is 13.7. The molecular weight excluding hydrogens is 308 g/mol. The minimum Gasteiger partial charge on any atom is -0.481 e. The van der Waals surface area contributed by atoms with Gasteiger partial charge in [-0.2, -0.15) is 0 Å². The minimum absolute atomic E-state index is 0.0594. The molecule has 3 rings (SSSR count). The Bertz CT molecular complexity index is 754. The van der Waals surface area contributed by atoms with E-state index in [1.54, 1.807) is 36.3 Å². The third kappa shape index (κ3) is 3.04. The summed E-state index contributed by atoms with van der Waals surface area (Å²) in [5.41, 5.74) is 1.88. The number of aromatic nitrogens is 1. The van der Waals surface area contributed by atoms with Crippen LogP contribution in [-0.2, 0) is 4.79 Å². The summed E-state index contributed by atoms with van der Waals surface area (Å²) in [5.74, 6) is -0.657. The molecular formula is C18H20N2O4.